The highest BCUT2D eigenvalue weighted by Gasteiger charge is 2.35. The van der Waals surface area contributed by atoms with Crippen LogP contribution in [-0.4, -0.2) is 48.3 Å². The largest absolute Gasteiger partial charge is 0.347 e. The predicted octanol–water partition coefficient (Wildman–Crippen LogP) is 1.69. The van der Waals surface area contributed by atoms with Gasteiger partial charge in [0.2, 0.25) is 5.91 Å². The molecular weight excluding hydrogens is 240 g/mol. The molecule has 2 rings (SSSR count). The number of hydrogen-bond donors (Lipinski definition) is 0. The van der Waals surface area contributed by atoms with Crippen molar-refractivity contribution in [1.82, 2.24) is 9.80 Å². The van der Waals surface area contributed by atoms with Gasteiger partial charge in [0.25, 0.3) is 5.91 Å². The molecule has 0 aliphatic carbocycles. The second-order valence-electron chi connectivity index (χ2n) is 5.26. The molecule has 102 valence electrons. The highest BCUT2D eigenvalue weighted by molar-refractivity contribution is 5.97. The lowest BCUT2D eigenvalue weighted by molar-refractivity contribution is -0.132. The van der Waals surface area contributed by atoms with Crippen LogP contribution in [-0.2, 0) is 4.79 Å². The highest BCUT2D eigenvalue weighted by atomic mass is 16.2. The third-order valence-corrected chi connectivity index (χ3v) is 3.54. The van der Waals surface area contributed by atoms with Crippen molar-refractivity contribution in [2.75, 3.05) is 20.6 Å². The lowest BCUT2D eigenvalue weighted by Gasteiger charge is -2.26. The molecule has 0 spiro atoms. The topological polar surface area (TPSA) is 40.6 Å². The fraction of sp³-hybridized carbons (Fsp3) is 0.467. The lowest BCUT2D eigenvalue weighted by Crippen LogP contribution is -2.45. The Hall–Kier alpha value is -1.84. The SMILES string of the molecule is Cc1ccc(C(=O)N2CCCC2C(=O)N(C)C)cc1. The molecule has 1 aliphatic rings. The van der Waals surface area contributed by atoms with Gasteiger partial charge < -0.3 is 9.80 Å². The fourth-order valence-electron chi connectivity index (χ4n) is 2.43. The van der Waals surface area contributed by atoms with Crippen LogP contribution in [0.1, 0.15) is 28.8 Å². The van der Waals surface area contributed by atoms with Gasteiger partial charge in [0, 0.05) is 26.2 Å². The second kappa shape index (κ2) is 5.43. The molecule has 1 fully saturated rings. The molecule has 1 aliphatic heterocycles. The van der Waals surface area contributed by atoms with Gasteiger partial charge in [-0.05, 0) is 31.9 Å². The minimum Gasteiger partial charge on any atom is -0.347 e. The smallest absolute Gasteiger partial charge is 0.254 e. The number of likely N-dealkylation sites (N-methyl/N-ethyl adjacent to an activating group) is 1. The van der Waals surface area contributed by atoms with Gasteiger partial charge in [0.1, 0.15) is 6.04 Å². The average Bonchev–Trinajstić information content (AvgIpc) is 2.86. The van der Waals surface area contributed by atoms with Crippen molar-refractivity contribution in [1.29, 1.82) is 0 Å². The normalized spacial score (nSPS) is 18.5. The van der Waals surface area contributed by atoms with Crippen LogP contribution in [0.2, 0.25) is 0 Å². The van der Waals surface area contributed by atoms with Gasteiger partial charge in [-0.1, -0.05) is 17.7 Å². The molecule has 4 heteroatoms. The van der Waals surface area contributed by atoms with Crippen LogP contribution in [0, 0.1) is 6.92 Å². The first-order valence-electron chi connectivity index (χ1n) is 6.59. The van der Waals surface area contributed by atoms with Crippen molar-refractivity contribution >= 4 is 11.8 Å². The van der Waals surface area contributed by atoms with E-state index in [1.54, 1.807) is 23.9 Å². The number of amides is 2. The average molecular weight is 260 g/mol. The Bertz CT molecular complexity index is 479. The van der Waals surface area contributed by atoms with E-state index in [1.807, 2.05) is 31.2 Å². The molecule has 0 bridgehead atoms. The Balaban J connectivity index is 2.18. The summed E-state index contributed by atoms with van der Waals surface area (Å²) in [7, 11) is 3.46. The van der Waals surface area contributed by atoms with E-state index in [-0.39, 0.29) is 17.9 Å². The Morgan fingerprint density at radius 1 is 1.21 bits per heavy atom. The molecule has 0 N–H and O–H groups in total. The quantitative estimate of drug-likeness (QED) is 0.812. The van der Waals surface area contributed by atoms with Gasteiger partial charge in [0.05, 0.1) is 0 Å². The Morgan fingerprint density at radius 3 is 2.42 bits per heavy atom. The number of rotatable bonds is 2. The van der Waals surface area contributed by atoms with E-state index in [0.717, 1.165) is 18.4 Å². The van der Waals surface area contributed by atoms with E-state index in [1.165, 1.54) is 0 Å². The molecule has 0 radical (unpaired) electrons. The molecule has 19 heavy (non-hydrogen) atoms. The number of hydrogen-bond acceptors (Lipinski definition) is 2. The zero-order chi connectivity index (χ0) is 14.0. The summed E-state index contributed by atoms with van der Waals surface area (Å²) in [4.78, 5) is 27.8. The monoisotopic (exact) mass is 260 g/mol. The van der Waals surface area contributed by atoms with Gasteiger partial charge in [-0.3, -0.25) is 9.59 Å². The van der Waals surface area contributed by atoms with Gasteiger partial charge in [-0.2, -0.15) is 0 Å². The van der Waals surface area contributed by atoms with Crippen LogP contribution < -0.4 is 0 Å². The third kappa shape index (κ3) is 2.78. The molecule has 1 aromatic rings. The summed E-state index contributed by atoms with van der Waals surface area (Å²) in [6.07, 6.45) is 1.65. The number of benzene rings is 1. The van der Waals surface area contributed by atoms with Crippen molar-refractivity contribution in [3.05, 3.63) is 35.4 Å². The first-order valence-corrected chi connectivity index (χ1v) is 6.59. The zero-order valence-corrected chi connectivity index (χ0v) is 11.7. The molecule has 1 aromatic carbocycles. The zero-order valence-electron chi connectivity index (χ0n) is 11.7. The Labute approximate surface area is 114 Å². The molecule has 2 amide bonds. The van der Waals surface area contributed by atoms with E-state index >= 15 is 0 Å². The van der Waals surface area contributed by atoms with E-state index in [4.69, 9.17) is 0 Å². The summed E-state index contributed by atoms with van der Waals surface area (Å²) < 4.78 is 0. The molecule has 1 heterocycles. The van der Waals surface area contributed by atoms with Crippen LogP contribution in [0.3, 0.4) is 0 Å². The van der Waals surface area contributed by atoms with Crippen molar-refractivity contribution in [3.63, 3.8) is 0 Å². The van der Waals surface area contributed by atoms with Crippen molar-refractivity contribution in [2.24, 2.45) is 0 Å². The number of likely N-dealkylation sites (tertiary alicyclic amines) is 1. The maximum atomic E-state index is 12.5. The molecule has 1 atom stereocenters. The summed E-state index contributed by atoms with van der Waals surface area (Å²) in [5, 5.41) is 0. The van der Waals surface area contributed by atoms with Gasteiger partial charge in [-0.25, -0.2) is 0 Å². The van der Waals surface area contributed by atoms with E-state index in [9.17, 15) is 9.59 Å². The summed E-state index contributed by atoms with van der Waals surface area (Å²) in [6.45, 7) is 2.65. The lowest BCUT2D eigenvalue weighted by atomic mass is 10.1. The van der Waals surface area contributed by atoms with Gasteiger partial charge in [0.15, 0.2) is 0 Å². The maximum absolute atomic E-state index is 12.5. The van der Waals surface area contributed by atoms with Crippen molar-refractivity contribution < 1.29 is 9.59 Å². The van der Waals surface area contributed by atoms with Gasteiger partial charge >= 0.3 is 0 Å². The minimum absolute atomic E-state index is 0.0120. The molecular formula is C15H20N2O2. The van der Waals surface area contributed by atoms with Crippen LogP contribution >= 0.6 is 0 Å². The van der Waals surface area contributed by atoms with Gasteiger partial charge in [-0.15, -0.1) is 0 Å². The van der Waals surface area contributed by atoms with Crippen LogP contribution in [0.15, 0.2) is 24.3 Å². The second-order valence-corrected chi connectivity index (χ2v) is 5.26. The summed E-state index contributed by atoms with van der Waals surface area (Å²) >= 11 is 0. The summed E-state index contributed by atoms with van der Waals surface area (Å²) in [5.74, 6) is -0.0318. The van der Waals surface area contributed by atoms with E-state index in [2.05, 4.69) is 0 Å². The van der Waals surface area contributed by atoms with E-state index in [0.29, 0.717) is 12.1 Å². The molecule has 1 saturated heterocycles. The third-order valence-electron chi connectivity index (χ3n) is 3.54. The summed E-state index contributed by atoms with van der Waals surface area (Å²) in [6, 6.07) is 7.20. The molecule has 1 unspecified atom stereocenters. The Kier molecular flexibility index (Phi) is 3.88. The van der Waals surface area contributed by atoms with Crippen molar-refractivity contribution in [3.8, 4) is 0 Å². The maximum Gasteiger partial charge on any atom is 0.254 e. The van der Waals surface area contributed by atoms with Crippen LogP contribution in [0.4, 0.5) is 0 Å². The van der Waals surface area contributed by atoms with Crippen LogP contribution in [0.5, 0.6) is 0 Å². The standard InChI is InChI=1S/C15H20N2O2/c1-11-6-8-12(9-7-11)14(18)17-10-4-5-13(17)15(19)16(2)3/h6-9,13H,4-5,10H2,1-3H3. The fourth-order valence-corrected chi connectivity index (χ4v) is 2.43. The minimum atomic E-state index is -0.302. The van der Waals surface area contributed by atoms with Crippen molar-refractivity contribution in [2.45, 2.75) is 25.8 Å². The first-order chi connectivity index (χ1) is 9.00. The molecule has 4 nitrogen and oxygen atoms in total. The molecule has 0 aromatic heterocycles. The number of carbonyl (C=O) groups is 2. The van der Waals surface area contributed by atoms with E-state index < -0.39 is 0 Å². The number of aryl methyl sites for hydroxylation is 1. The summed E-state index contributed by atoms with van der Waals surface area (Å²) in [5.41, 5.74) is 1.78. The predicted molar refractivity (Wildman–Crippen MR) is 73.9 cm³/mol. The number of carbonyl (C=O) groups excluding carboxylic acids is 2. The number of nitrogens with zero attached hydrogens (tertiary/aromatic N) is 2. The first kappa shape index (κ1) is 13.6. The Morgan fingerprint density at radius 2 is 1.84 bits per heavy atom. The highest BCUT2D eigenvalue weighted by Crippen LogP contribution is 2.21. The molecule has 0 saturated carbocycles. The van der Waals surface area contributed by atoms with Crippen LogP contribution in [0.25, 0.3) is 0 Å².